The van der Waals surface area contributed by atoms with Gasteiger partial charge >= 0.3 is 26.6 Å². The molecule has 1 amide bonds. The minimum absolute atomic E-state index is 0.0775. The molecular weight excluding hydrogens is 574 g/mol. The van der Waals surface area contributed by atoms with Crippen molar-refractivity contribution in [3.8, 4) is 12.3 Å². The van der Waals surface area contributed by atoms with Crippen LogP contribution in [-0.4, -0.2) is 56.8 Å². The third-order valence-corrected chi connectivity index (χ3v) is 5.34. The number of Topliss-reactive ketones (excluding diaryl/α,β-unsaturated/α-hetero) is 1. The number of hydrogen-bond donors (Lipinski definition) is 4. The van der Waals surface area contributed by atoms with Crippen molar-refractivity contribution in [1.82, 2.24) is 10.3 Å². The number of H-pyrrole nitrogens is 1. The van der Waals surface area contributed by atoms with E-state index in [0.29, 0.717) is 33.8 Å². The molecule has 2 radical (unpaired) electrons. The van der Waals surface area contributed by atoms with Crippen molar-refractivity contribution in [2.75, 3.05) is 18.9 Å². The summed E-state index contributed by atoms with van der Waals surface area (Å²) in [5.74, 6) is 1.63. The predicted molar refractivity (Wildman–Crippen MR) is 156 cm³/mol. The summed E-state index contributed by atoms with van der Waals surface area (Å²) in [5, 5.41) is 5.86. The number of rotatable bonds is 6. The zero-order valence-corrected chi connectivity index (χ0v) is 25.6. The third kappa shape index (κ3) is 8.99. The summed E-state index contributed by atoms with van der Waals surface area (Å²) in [6.07, 6.45) is 10.3. The molecule has 0 unspecified atom stereocenters. The van der Waals surface area contributed by atoms with Gasteiger partial charge in [0.2, 0.25) is 0 Å². The second kappa shape index (κ2) is 17.3. The summed E-state index contributed by atoms with van der Waals surface area (Å²) >= 11 is 1.30. The number of amides is 1. The first-order valence-corrected chi connectivity index (χ1v) is 13.8. The van der Waals surface area contributed by atoms with E-state index >= 15 is 0 Å². The Bertz CT molecular complexity index is 1230. The van der Waals surface area contributed by atoms with Crippen LogP contribution in [0.15, 0.2) is 41.6 Å². The average molecular weight is 611 g/mol. The van der Waals surface area contributed by atoms with Gasteiger partial charge in [0, 0.05) is 33.9 Å². The molecule has 6 nitrogen and oxygen atoms in total. The number of nitrogens with two attached hydrogens (primary N) is 1. The molecule has 196 valence electrons. The molecule has 8 heteroatoms. The number of terminal acetylenes is 1. The molecule has 37 heavy (non-hydrogen) atoms. The van der Waals surface area contributed by atoms with Gasteiger partial charge in [-0.25, -0.2) is 4.39 Å². The number of aromatic amines is 1. The number of halogens is 1. The Hall–Kier alpha value is -3.22. The summed E-state index contributed by atoms with van der Waals surface area (Å²) in [4.78, 5) is 28.4. The van der Waals surface area contributed by atoms with Gasteiger partial charge in [0.25, 0.3) is 5.91 Å². The number of benzene rings is 1. The molecule has 1 aliphatic heterocycles. The summed E-state index contributed by atoms with van der Waals surface area (Å²) in [7, 11) is 1.50. The maximum atomic E-state index is 13.7. The standard InChI is InChI=1S/C25H24FN3O2.C2H6.CH5N.CH2.Sn/c1-6-7-8-14(2)16(4)27-13-23(30)24-15(3)22(28-17(24)5)12-20-19-11-18(26)9-10-21(19)29-25(20)31;2*1-2;;/h1,7-12,27-28H,13H2,2-5H3,(H,29,31);1-2H3;2H2,1H3;1H2;/b8-7-,16-14+,20-12-;;;;. The number of allylic oxidation sites excluding steroid dienone is 4. The fourth-order valence-corrected chi connectivity index (χ4v) is 3.52. The number of carbonyl (C=O) groups excluding carboxylic acids is 2. The van der Waals surface area contributed by atoms with E-state index in [9.17, 15) is 14.0 Å². The molecule has 0 aliphatic carbocycles. The van der Waals surface area contributed by atoms with Crippen LogP contribution < -0.4 is 16.4 Å². The summed E-state index contributed by atoms with van der Waals surface area (Å²) in [6, 6.07) is 4.16. The number of carbonyl (C=O) groups is 2. The van der Waals surface area contributed by atoms with Crippen molar-refractivity contribution >= 4 is 55.6 Å². The molecule has 2 heterocycles. The number of fused-ring (bicyclic) bond motifs is 1. The van der Waals surface area contributed by atoms with E-state index in [1.807, 2.05) is 41.5 Å². The number of aromatic nitrogens is 1. The molecule has 1 aromatic heterocycles. The summed E-state index contributed by atoms with van der Waals surface area (Å²) in [5.41, 5.74) is 10.4. The van der Waals surface area contributed by atoms with Crippen molar-refractivity contribution in [1.29, 1.82) is 0 Å². The molecule has 5 N–H and O–H groups in total. The molecule has 0 fully saturated rings. The number of nitrogens with one attached hydrogen (secondary N) is 3. The zero-order chi connectivity index (χ0) is 28.7. The fraction of sp³-hybridized carbons (Fsp3) is 0.276. The predicted octanol–water partition coefficient (Wildman–Crippen LogP) is 4.71. The average Bonchev–Trinajstić information content (AvgIpc) is 3.38. The molecule has 2 aromatic rings. The van der Waals surface area contributed by atoms with E-state index in [1.165, 1.54) is 47.3 Å². The second-order valence-electron chi connectivity index (χ2n) is 7.45. The van der Waals surface area contributed by atoms with Crippen LogP contribution >= 0.6 is 0 Å². The van der Waals surface area contributed by atoms with E-state index in [1.54, 1.807) is 18.2 Å². The second-order valence-corrected chi connectivity index (χ2v) is 7.45. The minimum atomic E-state index is -0.418. The zero-order valence-electron chi connectivity index (χ0n) is 22.7. The Morgan fingerprint density at radius 3 is 2.46 bits per heavy atom. The maximum absolute atomic E-state index is 13.7. The molecule has 0 bridgehead atoms. The normalized spacial score (nSPS) is 13.0. The number of aryl methyl sites for hydroxylation is 1. The first-order valence-electron chi connectivity index (χ1n) is 11.7. The first-order chi connectivity index (χ1) is 17.7. The Labute approximate surface area is 233 Å². The summed E-state index contributed by atoms with van der Waals surface area (Å²) in [6.45, 7) is 11.5. The Balaban J connectivity index is 0.00000201. The van der Waals surface area contributed by atoms with Crippen LogP contribution in [0, 0.1) is 32.0 Å². The molecule has 0 atom stereocenters. The molecule has 3 rings (SSSR count). The van der Waals surface area contributed by atoms with Crippen molar-refractivity contribution in [2.45, 2.75) is 41.5 Å². The third-order valence-electron chi connectivity index (χ3n) is 5.34. The van der Waals surface area contributed by atoms with E-state index in [2.05, 4.69) is 31.8 Å². The summed E-state index contributed by atoms with van der Waals surface area (Å²) < 4.78 is 17.0. The quantitative estimate of drug-likeness (QED) is 0.125. The van der Waals surface area contributed by atoms with Gasteiger partial charge in [-0.3, -0.25) is 9.59 Å². The number of hydrogen-bond acceptors (Lipinski definition) is 4. The van der Waals surface area contributed by atoms with E-state index in [4.69, 9.17) is 6.42 Å². The first kappa shape index (κ1) is 33.8. The topological polar surface area (TPSA) is 100 Å². The van der Waals surface area contributed by atoms with Crippen molar-refractivity contribution in [3.63, 3.8) is 0 Å². The Morgan fingerprint density at radius 2 is 1.86 bits per heavy atom. The van der Waals surface area contributed by atoms with Gasteiger partial charge in [0.05, 0.1) is 12.1 Å². The van der Waals surface area contributed by atoms with Gasteiger partial charge < -0.3 is 21.4 Å². The van der Waals surface area contributed by atoms with Gasteiger partial charge in [0.1, 0.15) is 5.82 Å². The van der Waals surface area contributed by atoms with Gasteiger partial charge in [-0.2, -0.15) is 0 Å². The van der Waals surface area contributed by atoms with Gasteiger partial charge in [-0.05, 0) is 82.3 Å². The number of anilines is 1. The fourth-order valence-electron chi connectivity index (χ4n) is 3.52. The van der Waals surface area contributed by atoms with Gasteiger partial charge in [0.15, 0.2) is 5.78 Å². The molecule has 1 aromatic carbocycles. The van der Waals surface area contributed by atoms with Crippen LogP contribution in [0.2, 0.25) is 0 Å². The van der Waals surface area contributed by atoms with E-state index in [-0.39, 0.29) is 18.2 Å². The molecule has 0 saturated heterocycles. The Morgan fingerprint density at radius 1 is 1.24 bits per heavy atom. The molecule has 1 aliphatic rings. The van der Waals surface area contributed by atoms with Crippen molar-refractivity contribution in [2.24, 2.45) is 5.73 Å². The van der Waals surface area contributed by atoms with Gasteiger partial charge in [-0.1, -0.05) is 19.8 Å². The monoisotopic (exact) mass is 612 g/mol. The van der Waals surface area contributed by atoms with Crippen LogP contribution in [-0.2, 0) is 4.79 Å². The van der Waals surface area contributed by atoms with Crippen LogP contribution in [0.1, 0.15) is 60.6 Å². The van der Waals surface area contributed by atoms with Crippen LogP contribution in [0.5, 0.6) is 0 Å². The molecular formula is C29H37FN4O2Sn. The van der Waals surface area contributed by atoms with Crippen molar-refractivity contribution in [3.05, 3.63) is 75.5 Å². The Kier molecular flexibility index (Phi) is 15.8. The van der Waals surface area contributed by atoms with Crippen molar-refractivity contribution < 1.29 is 14.0 Å². The molecule has 0 saturated carbocycles. The SMILES string of the molecule is C#C/C=C\C(C)=C(/C)NCC(=O)c1c(C)[nH]c(/C=C2\C(=O)Nc3ccc(F)cc32)c1C.CC.CN.[CH2]=[Sn]. The molecule has 0 spiro atoms. The van der Waals surface area contributed by atoms with E-state index < -0.39 is 5.82 Å². The van der Waals surface area contributed by atoms with E-state index in [0.717, 1.165) is 16.8 Å². The number of ketones is 1. The van der Waals surface area contributed by atoms with Gasteiger partial charge in [-0.15, -0.1) is 6.42 Å². The van der Waals surface area contributed by atoms with Crippen LogP contribution in [0.25, 0.3) is 11.6 Å². The van der Waals surface area contributed by atoms with Crippen LogP contribution in [0.4, 0.5) is 10.1 Å². The van der Waals surface area contributed by atoms with Crippen LogP contribution in [0.3, 0.4) is 0 Å².